The van der Waals surface area contributed by atoms with Crippen molar-refractivity contribution in [3.8, 4) is 0 Å². The Kier molecular flexibility index (Phi) is 4.97. The van der Waals surface area contributed by atoms with Gasteiger partial charge in [-0.25, -0.2) is 0 Å². The van der Waals surface area contributed by atoms with Gasteiger partial charge in [-0.05, 0) is 44.4 Å². The van der Waals surface area contributed by atoms with Gasteiger partial charge in [-0.2, -0.15) is 0 Å². The first-order valence-corrected chi connectivity index (χ1v) is 10.1. The number of fused-ring (bicyclic) bond motifs is 1. The maximum Gasteiger partial charge on any atom is 0.255 e. The van der Waals surface area contributed by atoms with Crippen LogP contribution in [0.3, 0.4) is 0 Å². The molecular formula is C21H28N4O3. The number of nitrogens with one attached hydrogen (secondary N) is 2. The van der Waals surface area contributed by atoms with Gasteiger partial charge in [0.25, 0.3) is 5.91 Å². The molecule has 4 atom stereocenters. The predicted octanol–water partition coefficient (Wildman–Crippen LogP) is 1.02. The van der Waals surface area contributed by atoms with Crippen LogP contribution in [0.25, 0.3) is 0 Å². The fourth-order valence-corrected chi connectivity index (χ4v) is 4.54. The van der Waals surface area contributed by atoms with Gasteiger partial charge in [0.1, 0.15) is 6.04 Å². The highest BCUT2D eigenvalue weighted by Gasteiger charge is 2.39. The molecule has 3 aliphatic rings. The number of piperazine rings is 1. The van der Waals surface area contributed by atoms with Gasteiger partial charge >= 0.3 is 0 Å². The van der Waals surface area contributed by atoms with Crippen LogP contribution in [0.2, 0.25) is 0 Å². The second-order valence-corrected chi connectivity index (χ2v) is 8.35. The van der Waals surface area contributed by atoms with Gasteiger partial charge in [0.05, 0.1) is 0 Å². The molecule has 2 saturated heterocycles. The Morgan fingerprint density at radius 2 is 1.93 bits per heavy atom. The topological polar surface area (TPSA) is 81.8 Å². The zero-order valence-electron chi connectivity index (χ0n) is 16.7. The molecule has 7 heteroatoms. The lowest BCUT2D eigenvalue weighted by atomic mass is 10.00. The second kappa shape index (κ2) is 7.29. The summed E-state index contributed by atoms with van der Waals surface area (Å²) in [6.07, 6.45) is 0.670. The largest absolute Gasteiger partial charge is 0.322 e. The molecule has 4 unspecified atom stereocenters. The minimum absolute atomic E-state index is 0.110. The molecule has 3 aliphatic heterocycles. The normalized spacial score (nSPS) is 31.1. The fraction of sp³-hybridized carbons (Fsp3) is 0.571. The number of carbonyl (C=O) groups is 3. The van der Waals surface area contributed by atoms with E-state index >= 15 is 0 Å². The highest BCUT2D eigenvalue weighted by Crippen LogP contribution is 2.29. The van der Waals surface area contributed by atoms with Crippen molar-refractivity contribution < 1.29 is 14.4 Å². The number of hydrogen-bond acceptors (Lipinski definition) is 5. The van der Waals surface area contributed by atoms with Crippen LogP contribution in [-0.4, -0.2) is 58.2 Å². The summed E-state index contributed by atoms with van der Waals surface area (Å²) >= 11 is 0. The molecule has 1 aromatic carbocycles. The number of nitrogens with zero attached hydrogens (tertiary/aromatic N) is 2. The van der Waals surface area contributed by atoms with Crippen molar-refractivity contribution in [3.63, 3.8) is 0 Å². The Balaban J connectivity index is 1.51. The van der Waals surface area contributed by atoms with Crippen LogP contribution in [0.15, 0.2) is 18.2 Å². The standard InChI is InChI=1S/C21H28N4O3/c1-12-9-22-13(2)14(3)24(12)10-15-4-5-16-11-25(21(28)17(16)8-15)18-6-7-19(26)23-20(18)27/h4-5,8,12-14,18,22H,6-7,9-11H2,1-3H3,(H,23,26,27). The van der Waals surface area contributed by atoms with Crippen molar-refractivity contribution in [1.82, 2.24) is 20.4 Å². The third kappa shape index (κ3) is 3.33. The monoisotopic (exact) mass is 384 g/mol. The second-order valence-electron chi connectivity index (χ2n) is 8.35. The van der Waals surface area contributed by atoms with Gasteiger partial charge in [0, 0.05) is 49.7 Å². The van der Waals surface area contributed by atoms with Crippen molar-refractivity contribution in [2.75, 3.05) is 6.54 Å². The molecule has 0 radical (unpaired) electrons. The molecule has 0 aliphatic carbocycles. The Hall–Kier alpha value is -2.25. The van der Waals surface area contributed by atoms with Crippen molar-refractivity contribution in [3.05, 3.63) is 34.9 Å². The molecule has 4 rings (SSSR count). The van der Waals surface area contributed by atoms with E-state index in [-0.39, 0.29) is 24.1 Å². The molecule has 7 nitrogen and oxygen atoms in total. The van der Waals surface area contributed by atoms with E-state index in [1.165, 1.54) is 0 Å². The molecule has 0 bridgehead atoms. The zero-order chi connectivity index (χ0) is 20.0. The van der Waals surface area contributed by atoms with Crippen LogP contribution in [0.4, 0.5) is 0 Å². The SMILES string of the molecule is CC1NCC(C)N(Cc2ccc3c(c2)C(=O)N(C2CCC(=O)NC2=O)C3)C1C. The average Bonchev–Trinajstić information content (AvgIpc) is 2.98. The van der Waals surface area contributed by atoms with E-state index in [9.17, 15) is 14.4 Å². The quantitative estimate of drug-likeness (QED) is 0.761. The highest BCUT2D eigenvalue weighted by molar-refractivity contribution is 6.05. The molecule has 0 saturated carbocycles. The van der Waals surface area contributed by atoms with Crippen molar-refractivity contribution in [2.24, 2.45) is 0 Å². The summed E-state index contributed by atoms with van der Waals surface area (Å²) in [5.41, 5.74) is 2.75. The molecule has 0 aromatic heterocycles. The first-order valence-electron chi connectivity index (χ1n) is 10.1. The van der Waals surface area contributed by atoms with E-state index in [1.807, 2.05) is 12.1 Å². The van der Waals surface area contributed by atoms with Crippen LogP contribution in [0.1, 0.15) is 55.1 Å². The lowest BCUT2D eigenvalue weighted by Gasteiger charge is -2.43. The molecular weight excluding hydrogens is 356 g/mol. The van der Waals surface area contributed by atoms with Gasteiger partial charge in [-0.3, -0.25) is 24.6 Å². The van der Waals surface area contributed by atoms with E-state index in [0.29, 0.717) is 36.7 Å². The molecule has 1 aromatic rings. The maximum absolute atomic E-state index is 13.0. The zero-order valence-corrected chi connectivity index (χ0v) is 16.7. The smallest absolute Gasteiger partial charge is 0.255 e. The average molecular weight is 384 g/mol. The summed E-state index contributed by atoms with van der Waals surface area (Å²) in [5.74, 6) is -0.739. The fourth-order valence-electron chi connectivity index (χ4n) is 4.54. The van der Waals surface area contributed by atoms with Crippen LogP contribution in [0, 0.1) is 0 Å². The summed E-state index contributed by atoms with van der Waals surface area (Å²) in [4.78, 5) is 40.6. The lowest BCUT2D eigenvalue weighted by Crippen LogP contribution is -2.59. The van der Waals surface area contributed by atoms with Crippen molar-refractivity contribution in [2.45, 2.75) is 70.9 Å². The van der Waals surface area contributed by atoms with Gasteiger partial charge < -0.3 is 10.2 Å². The molecule has 2 N–H and O–H groups in total. The Bertz CT molecular complexity index is 824. The molecule has 150 valence electrons. The maximum atomic E-state index is 13.0. The van der Waals surface area contributed by atoms with Gasteiger partial charge in [-0.1, -0.05) is 12.1 Å². The van der Waals surface area contributed by atoms with E-state index in [0.717, 1.165) is 24.2 Å². The molecule has 3 heterocycles. The Morgan fingerprint density at radius 3 is 2.68 bits per heavy atom. The molecule has 3 amide bonds. The van der Waals surface area contributed by atoms with Gasteiger partial charge in [0.15, 0.2) is 0 Å². The molecule has 2 fully saturated rings. The predicted molar refractivity (Wildman–Crippen MR) is 104 cm³/mol. The Labute approximate surface area is 165 Å². The summed E-state index contributed by atoms with van der Waals surface area (Å²) in [5, 5.41) is 5.88. The number of benzene rings is 1. The third-order valence-corrected chi connectivity index (χ3v) is 6.51. The van der Waals surface area contributed by atoms with Crippen LogP contribution in [0.5, 0.6) is 0 Å². The van der Waals surface area contributed by atoms with E-state index in [1.54, 1.807) is 4.90 Å². The molecule has 28 heavy (non-hydrogen) atoms. The first-order chi connectivity index (χ1) is 13.3. The van der Waals surface area contributed by atoms with E-state index in [4.69, 9.17) is 0 Å². The molecule has 0 spiro atoms. The summed E-state index contributed by atoms with van der Waals surface area (Å²) < 4.78 is 0. The number of piperidine rings is 1. The minimum atomic E-state index is -0.560. The van der Waals surface area contributed by atoms with E-state index < -0.39 is 6.04 Å². The number of carbonyl (C=O) groups excluding carboxylic acids is 3. The summed E-state index contributed by atoms with van der Waals surface area (Å²) in [6.45, 7) is 8.84. The van der Waals surface area contributed by atoms with Gasteiger partial charge in [0.2, 0.25) is 11.8 Å². The number of amides is 3. The third-order valence-electron chi connectivity index (χ3n) is 6.51. The van der Waals surface area contributed by atoms with Gasteiger partial charge in [-0.15, -0.1) is 0 Å². The van der Waals surface area contributed by atoms with E-state index in [2.05, 4.69) is 42.4 Å². The van der Waals surface area contributed by atoms with Crippen molar-refractivity contribution >= 4 is 17.7 Å². The summed E-state index contributed by atoms with van der Waals surface area (Å²) in [6, 6.07) is 6.78. The lowest BCUT2D eigenvalue weighted by molar-refractivity contribution is -0.136. The van der Waals surface area contributed by atoms with Crippen molar-refractivity contribution in [1.29, 1.82) is 0 Å². The number of imide groups is 1. The Morgan fingerprint density at radius 1 is 1.14 bits per heavy atom. The number of rotatable bonds is 3. The van der Waals surface area contributed by atoms with Crippen LogP contribution < -0.4 is 10.6 Å². The highest BCUT2D eigenvalue weighted by atomic mass is 16.2. The van der Waals surface area contributed by atoms with Crippen LogP contribution >= 0.6 is 0 Å². The first kappa shape index (κ1) is 19.1. The summed E-state index contributed by atoms with van der Waals surface area (Å²) in [7, 11) is 0. The number of hydrogen-bond donors (Lipinski definition) is 2. The van der Waals surface area contributed by atoms with Crippen LogP contribution in [-0.2, 0) is 22.7 Å². The minimum Gasteiger partial charge on any atom is -0.322 e.